The Balaban J connectivity index is 1.13. The van der Waals surface area contributed by atoms with E-state index in [2.05, 4.69) is 10.3 Å². The van der Waals surface area contributed by atoms with Crippen LogP contribution < -0.4 is 5.32 Å². The molecule has 32 heavy (non-hydrogen) atoms. The molecule has 1 aliphatic heterocycles. The molecule has 6 nitrogen and oxygen atoms in total. The Morgan fingerprint density at radius 2 is 1.84 bits per heavy atom. The zero-order valence-electron chi connectivity index (χ0n) is 18.4. The summed E-state index contributed by atoms with van der Waals surface area (Å²) in [7, 11) is 0. The van der Waals surface area contributed by atoms with Gasteiger partial charge in [-0.05, 0) is 62.3 Å². The van der Waals surface area contributed by atoms with Crippen molar-refractivity contribution >= 4 is 22.9 Å². The number of rotatable bonds is 6. The predicted octanol–water partition coefficient (Wildman–Crippen LogP) is 4.82. The number of benzene rings is 2. The SMILES string of the molecule is C[C@@H](NC(=O)CC1CCN(C(=O)c2ccc3oc(C4CC4)nc3c2)CC1)c1ccccc1. The number of carbonyl (C=O) groups excluding carboxylic acids is 2. The molecule has 2 fully saturated rings. The predicted molar refractivity (Wildman–Crippen MR) is 122 cm³/mol. The number of oxazole rings is 1. The van der Waals surface area contributed by atoms with Crippen LogP contribution in [0.5, 0.6) is 0 Å². The number of nitrogens with one attached hydrogen (secondary N) is 1. The van der Waals surface area contributed by atoms with E-state index in [1.165, 1.54) is 0 Å². The summed E-state index contributed by atoms with van der Waals surface area (Å²) >= 11 is 0. The number of hydrogen-bond acceptors (Lipinski definition) is 4. The molecule has 0 unspecified atom stereocenters. The van der Waals surface area contributed by atoms with E-state index in [4.69, 9.17) is 4.42 Å². The lowest BCUT2D eigenvalue weighted by Gasteiger charge is -2.32. The van der Waals surface area contributed by atoms with Crippen molar-refractivity contribution in [3.05, 3.63) is 65.5 Å². The topological polar surface area (TPSA) is 75.4 Å². The average Bonchev–Trinajstić information content (AvgIpc) is 3.58. The molecule has 1 atom stereocenters. The maximum absolute atomic E-state index is 13.0. The van der Waals surface area contributed by atoms with Gasteiger partial charge in [0, 0.05) is 31.0 Å². The van der Waals surface area contributed by atoms with E-state index in [0.717, 1.165) is 48.2 Å². The first-order valence-corrected chi connectivity index (χ1v) is 11.6. The molecule has 0 radical (unpaired) electrons. The summed E-state index contributed by atoms with van der Waals surface area (Å²) in [5, 5.41) is 3.10. The normalized spacial score (nSPS) is 18.0. The van der Waals surface area contributed by atoms with Gasteiger partial charge >= 0.3 is 0 Å². The number of carbonyl (C=O) groups is 2. The molecule has 3 aromatic rings. The third-order valence-electron chi connectivity index (χ3n) is 6.63. The summed E-state index contributed by atoms with van der Waals surface area (Å²) in [6, 6.07) is 15.5. The zero-order chi connectivity index (χ0) is 22.1. The van der Waals surface area contributed by atoms with Crippen LogP contribution in [0.15, 0.2) is 52.9 Å². The molecule has 1 N–H and O–H groups in total. The van der Waals surface area contributed by atoms with Crippen molar-refractivity contribution in [2.75, 3.05) is 13.1 Å². The fraction of sp³-hybridized carbons (Fsp3) is 0.423. The van der Waals surface area contributed by atoms with Gasteiger partial charge in [-0.25, -0.2) is 4.98 Å². The van der Waals surface area contributed by atoms with E-state index in [1.54, 1.807) is 0 Å². The fourth-order valence-corrected chi connectivity index (χ4v) is 4.49. The van der Waals surface area contributed by atoms with Gasteiger partial charge in [0.25, 0.3) is 5.91 Å². The number of fused-ring (bicyclic) bond motifs is 1. The number of piperidine rings is 1. The average molecular weight is 432 g/mol. The Bertz CT molecular complexity index is 1110. The highest BCUT2D eigenvalue weighted by molar-refractivity contribution is 5.97. The molecule has 2 amide bonds. The van der Waals surface area contributed by atoms with E-state index in [0.29, 0.717) is 36.9 Å². The van der Waals surface area contributed by atoms with Crippen LogP contribution in [0.4, 0.5) is 0 Å². The van der Waals surface area contributed by atoms with Crippen LogP contribution >= 0.6 is 0 Å². The van der Waals surface area contributed by atoms with Crippen LogP contribution in [0.2, 0.25) is 0 Å². The molecule has 6 heteroatoms. The second kappa shape index (κ2) is 8.77. The Hall–Kier alpha value is -3.15. The van der Waals surface area contributed by atoms with Crippen molar-refractivity contribution in [2.24, 2.45) is 5.92 Å². The van der Waals surface area contributed by atoms with Gasteiger partial charge in [-0.15, -0.1) is 0 Å². The monoisotopic (exact) mass is 431 g/mol. The van der Waals surface area contributed by atoms with Crippen LogP contribution in [-0.4, -0.2) is 34.8 Å². The first-order valence-electron chi connectivity index (χ1n) is 11.6. The van der Waals surface area contributed by atoms with Crippen LogP contribution in [0.25, 0.3) is 11.1 Å². The lowest BCUT2D eigenvalue weighted by Crippen LogP contribution is -2.39. The standard InChI is InChI=1S/C26H29N3O3/c1-17(19-5-3-2-4-6-19)27-24(30)15-18-11-13-29(14-12-18)26(31)21-9-10-23-22(16-21)28-25(32-23)20-7-8-20/h2-6,9-10,16-18,20H,7-8,11-15H2,1H3,(H,27,30)/t17-/m1/s1. The van der Waals surface area contributed by atoms with E-state index in [9.17, 15) is 9.59 Å². The van der Waals surface area contributed by atoms with Crippen molar-refractivity contribution in [3.63, 3.8) is 0 Å². The molecule has 1 aliphatic carbocycles. The highest BCUT2D eigenvalue weighted by atomic mass is 16.3. The minimum atomic E-state index is -0.00255. The fourth-order valence-electron chi connectivity index (χ4n) is 4.49. The van der Waals surface area contributed by atoms with Gasteiger partial charge < -0.3 is 14.6 Å². The van der Waals surface area contributed by atoms with Gasteiger partial charge in [0.2, 0.25) is 5.91 Å². The molecular weight excluding hydrogens is 402 g/mol. The summed E-state index contributed by atoms with van der Waals surface area (Å²) < 4.78 is 5.80. The van der Waals surface area contributed by atoms with Crippen LogP contribution in [0.3, 0.4) is 0 Å². The molecule has 1 saturated heterocycles. The third-order valence-corrected chi connectivity index (χ3v) is 6.63. The minimum Gasteiger partial charge on any atom is -0.440 e. The van der Waals surface area contributed by atoms with Crippen molar-refractivity contribution in [2.45, 2.75) is 51.0 Å². The van der Waals surface area contributed by atoms with Crippen LogP contribution in [-0.2, 0) is 4.79 Å². The number of hydrogen-bond donors (Lipinski definition) is 1. The Morgan fingerprint density at radius 1 is 1.09 bits per heavy atom. The Morgan fingerprint density at radius 3 is 2.56 bits per heavy atom. The molecule has 0 spiro atoms. The van der Waals surface area contributed by atoms with Crippen molar-refractivity contribution in [1.29, 1.82) is 0 Å². The smallest absolute Gasteiger partial charge is 0.253 e. The molecule has 2 aromatic carbocycles. The number of nitrogens with zero attached hydrogens (tertiary/aromatic N) is 2. The molecule has 1 aromatic heterocycles. The largest absolute Gasteiger partial charge is 0.440 e. The maximum Gasteiger partial charge on any atom is 0.253 e. The highest BCUT2D eigenvalue weighted by Gasteiger charge is 2.29. The van der Waals surface area contributed by atoms with E-state index in [-0.39, 0.29) is 17.9 Å². The van der Waals surface area contributed by atoms with E-state index in [1.807, 2.05) is 60.4 Å². The maximum atomic E-state index is 13.0. The van der Waals surface area contributed by atoms with Gasteiger partial charge in [-0.1, -0.05) is 30.3 Å². The first kappa shape index (κ1) is 20.7. The molecule has 1 saturated carbocycles. The van der Waals surface area contributed by atoms with Crippen molar-refractivity contribution < 1.29 is 14.0 Å². The first-order chi connectivity index (χ1) is 15.6. The quantitative estimate of drug-likeness (QED) is 0.607. The zero-order valence-corrected chi connectivity index (χ0v) is 18.4. The van der Waals surface area contributed by atoms with Gasteiger partial charge in [-0.2, -0.15) is 0 Å². The number of likely N-dealkylation sites (tertiary alicyclic amines) is 1. The molecule has 2 aliphatic rings. The van der Waals surface area contributed by atoms with Gasteiger partial charge in [0.1, 0.15) is 5.52 Å². The molecule has 166 valence electrons. The molecule has 2 heterocycles. The number of amides is 2. The molecule has 0 bridgehead atoms. The third kappa shape index (κ3) is 4.54. The van der Waals surface area contributed by atoms with Gasteiger partial charge in [0.05, 0.1) is 6.04 Å². The van der Waals surface area contributed by atoms with E-state index < -0.39 is 0 Å². The second-order valence-electron chi connectivity index (χ2n) is 9.15. The Kier molecular flexibility index (Phi) is 5.68. The lowest BCUT2D eigenvalue weighted by atomic mass is 9.92. The highest BCUT2D eigenvalue weighted by Crippen LogP contribution is 2.40. The van der Waals surface area contributed by atoms with Gasteiger partial charge in [0.15, 0.2) is 11.5 Å². The summed E-state index contributed by atoms with van der Waals surface area (Å²) in [5.41, 5.74) is 3.27. The van der Waals surface area contributed by atoms with Gasteiger partial charge in [-0.3, -0.25) is 9.59 Å². The minimum absolute atomic E-state index is 0.00255. The second-order valence-corrected chi connectivity index (χ2v) is 9.15. The summed E-state index contributed by atoms with van der Waals surface area (Å²) in [6.45, 7) is 3.36. The van der Waals surface area contributed by atoms with Crippen molar-refractivity contribution in [3.8, 4) is 0 Å². The Labute approximate surface area is 188 Å². The van der Waals surface area contributed by atoms with E-state index >= 15 is 0 Å². The van der Waals surface area contributed by atoms with Crippen LogP contribution in [0.1, 0.15) is 72.8 Å². The lowest BCUT2D eigenvalue weighted by molar-refractivity contribution is -0.122. The summed E-state index contributed by atoms with van der Waals surface area (Å²) in [5.74, 6) is 1.66. The molecule has 5 rings (SSSR count). The van der Waals surface area contributed by atoms with Crippen molar-refractivity contribution in [1.82, 2.24) is 15.2 Å². The van der Waals surface area contributed by atoms with Crippen LogP contribution in [0, 0.1) is 5.92 Å². The number of aromatic nitrogens is 1. The summed E-state index contributed by atoms with van der Waals surface area (Å²) in [6.07, 6.45) is 4.47. The summed E-state index contributed by atoms with van der Waals surface area (Å²) in [4.78, 5) is 32.0. The molecular formula is C26H29N3O3.